The molecule has 6 nitrogen and oxygen atoms in total. The third-order valence-electron chi connectivity index (χ3n) is 3.06. The van der Waals surface area contributed by atoms with Crippen LogP contribution < -0.4 is 11.3 Å². The molecule has 0 bridgehead atoms. The van der Waals surface area contributed by atoms with E-state index in [0.717, 1.165) is 0 Å². The zero-order valence-electron chi connectivity index (χ0n) is 11.5. The Bertz CT molecular complexity index is 475. The Morgan fingerprint density at radius 2 is 2.37 bits per heavy atom. The van der Waals surface area contributed by atoms with Crippen LogP contribution in [0.1, 0.15) is 31.1 Å². The number of hydrogen-bond acceptors (Lipinski definition) is 5. The minimum Gasteiger partial charge on any atom is -0.369 e. The van der Waals surface area contributed by atoms with Gasteiger partial charge in [0.05, 0.1) is 29.2 Å². The molecule has 3 N–H and O–H groups in total. The zero-order valence-corrected chi connectivity index (χ0v) is 11.5. The summed E-state index contributed by atoms with van der Waals surface area (Å²) >= 11 is 0. The maximum atomic E-state index is 12.6. The molecular weight excluding hydrogens is 244 g/mol. The topological polar surface area (TPSA) is 80.5 Å². The molecular formula is C13H20N4O2. The highest BCUT2D eigenvalue weighted by Gasteiger charge is 2.34. The van der Waals surface area contributed by atoms with E-state index in [-0.39, 0.29) is 17.6 Å². The first-order valence-corrected chi connectivity index (χ1v) is 6.30. The van der Waals surface area contributed by atoms with Crippen molar-refractivity contribution < 1.29 is 9.53 Å². The van der Waals surface area contributed by atoms with E-state index >= 15 is 0 Å². The molecule has 0 radical (unpaired) electrons. The van der Waals surface area contributed by atoms with Crippen molar-refractivity contribution in [2.24, 2.45) is 5.84 Å². The van der Waals surface area contributed by atoms with Gasteiger partial charge in [0.15, 0.2) is 0 Å². The molecule has 0 saturated carbocycles. The molecule has 1 atom stereocenters. The van der Waals surface area contributed by atoms with Gasteiger partial charge in [0.2, 0.25) is 0 Å². The highest BCUT2D eigenvalue weighted by molar-refractivity contribution is 5.99. The molecule has 0 aromatic carbocycles. The number of nitrogens with zero attached hydrogens (tertiary/aromatic N) is 2. The first kappa shape index (κ1) is 13.8. The number of aromatic nitrogens is 1. The molecule has 1 unspecified atom stereocenters. The number of nitrogen functional groups attached to an aromatic ring is 1. The maximum Gasteiger partial charge on any atom is 0.256 e. The van der Waals surface area contributed by atoms with E-state index < -0.39 is 0 Å². The normalized spacial score (nSPS) is 22.1. The van der Waals surface area contributed by atoms with Gasteiger partial charge >= 0.3 is 0 Å². The van der Waals surface area contributed by atoms with Gasteiger partial charge in [-0.25, -0.2) is 0 Å². The molecule has 19 heavy (non-hydrogen) atoms. The number of hydrazine groups is 1. The van der Waals surface area contributed by atoms with Gasteiger partial charge in [-0.05, 0) is 26.8 Å². The van der Waals surface area contributed by atoms with Crippen LogP contribution in [0.2, 0.25) is 0 Å². The number of amides is 1. The highest BCUT2D eigenvalue weighted by Crippen LogP contribution is 2.23. The van der Waals surface area contributed by atoms with Crippen LogP contribution in [0, 0.1) is 0 Å². The maximum absolute atomic E-state index is 12.6. The molecule has 2 heterocycles. The van der Waals surface area contributed by atoms with Gasteiger partial charge < -0.3 is 15.1 Å². The number of morpholine rings is 1. The van der Waals surface area contributed by atoms with Crippen molar-refractivity contribution in [3.63, 3.8) is 0 Å². The highest BCUT2D eigenvalue weighted by atomic mass is 16.5. The van der Waals surface area contributed by atoms with Gasteiger partial charge in [-0.15, -0.1) is 0 Å². The summed E-state index contributed by atoms with van der Waals surface area (Å²) in [5, 5.41) is 0. The second-order valence-corrected chi connectivity index (χ2v) is 5.44. The number of pyridine rings is 1. The summed E-state index contributed by atoms with van der Waals surface area (Å²) in [7, 11) is 0. The summed E-state index contributed by atoms with van der Waals surface area (Å²) in [6.45, 7) is 7.07. The summed E-state index contributed by atoms with van der Waals surface area (Å²) in [5.41, 5.74) is 3.23. The van der Waals surface area contributed by atoms with Gasteiger partial charge in [0, 0.05) is 19.3 Å². The summed E-state index contributed by atoms with van der Waals surface area (Å²) in [5.74, 6) is 5.36. The van der Waals surface area contributed by atoms with Crippen LogP contribution in [0.3, 0.4) is 0 Å². The third-order valence-corrected chi connectivity index (χ3v) is 3.06. The number of ether oxygens (including phenoxy) is 1. The van der Waals surface area contributed by atoms with Gasteiger partial charge in [-0.2, -0.15) is 0 Å². The predicted molar refractivity (Wildman–Crippen MR) is 72.6 cm³/mol. The molecule has 1 aromatic rings. The fourth-order valence-electron chi connectivity index (χ4n) is 2.47. The Labute approximate surface area is 112 Å². The predicted octanol–water partition coefficient (Wildman–Crippen LogP) is 1.01. The smallest absolute Gasteiger partial charge is 0.256 e. The van der Waals surface area contributed by atoms with Gasteiger partial charge in [-0.3, -0.25) is 15.6 Å². The Balaban J connectivity index is 2.24. The second kappa shape index (κ2) is 5.14. The molecule has 104 valence electrons. The first-order valence-electron chi connectivity index (χ1n) is 6.30. The van der Waals surface area contributed by atoms with Gasteiger partial charge in [0.1, 0.15) is 0 Å². The van der Waals surface area contributed by atoms with Gasteiger partial charge in [-0.1, -0.05) is 0 Å². The number of hydrogen-bond donors (Lipinski definition) is 2. The summed E-state index contributed by atoms with van der Waals surface area (Å²) in [4.78, 5) is 18.3. The fraction of sp³-hybridized carbons (Fsp3) is 0.538. The number of nitrogens with one attached hydrogen (secondary N) is 1. The monoisotopic (exact) mass is 264 g/mol. The molecule has 1 aliphatic rings. The number of anilines is 1. The van der Waals surface area contributed by atoms with E-state index in [0.29, 0.717) is 24.3 Å². The van der Waals surface area contributed by atoms with E-state index in [1.807, 2.05) is 20.8 Å². The average Bonchev–Trinajstić information content (AvgIpc) is 2.35. The van der Waals surface area contributed by atoms with Crippen LogP contribution in [-0.4, -0.2) is 40.6 Å². The molecule has 0 aliphatic carbocycles. The number of carbonyl (C=O) groups excluding carboxylic acids is 1. The number of rotatable bonds is 2. The minimum absolute atomic E-state index is 0.0174. The van der Waals surface area contributed by atoms with E-state index in [4.69, 9.17) is 10.6 Å². The molecule has 1 saturated heterocycles. The Morgan fingerprint density at radius 3 is 3.00 bits per heavy atom. The van der Waals surface area contributed by atoms with Crippen molar-refractivity contribution >= 4 is 11.6 Å². The summed E-state index contributed by atoms with van der Waals surface area (Å²) in [6.07, 6.45) is 3.15. The SMILES string of the molecule is CC1CN(C(=O)c2ccncc2NN)CC(C)(C)O1. The van der Waals surface area contributed by atoms with Crippen molar-refractivity contribution in [2.75, 3.05) is 18.5 Å². The molecule has 1 amide bonds. The molecule has 1 fully saturated rings. The van der Waals surface area contributed by atoms with Gasteiger partial charge in [0.25, 0.3) is 5.91 Å². The number of nitrogens with two attached hydrogens (primary N) is 1. The Hall–Kier alpha value is -1.66. The van der Waals surface area contributed by atoms with Crippen molar-refractivity contribution in [3.8, 4) is 0 Å². The minimum atomic E-state index is -0.337. The fourth-order valence-corrected chi connectivity index (χ4v) is 2.47. The van der Waals surface area contributed by atoms with E-state index in [9.17, 15) is 4.79 Å². The molecule has 1 aromatic heterocycles. The first-order chi connectivity index (χ1) is 8.93. The lowest BCUT2D eigenvalue weighted by atomic mass is 10.0. The van der Waals surface area contributed by atoms with Crippen molar-refractivity contribution in [1.29, 1.82) is 0 Å². The van der Waals surface area contributed by atoms with Crippen LogP contribution in [0.5, 0.6) is 0 Å². The molecule has 0 spiro atoms. The van der Waals surface area contributed by atoms with Crippen LogP contribution >= 0.6 is 0 Å². The van der Waals surface area contributed by atoms with E-state index in [2.05, 4.69) is 10.4 Å². The van der Waals surface area contributed by atoms with Crippen LogP contribution in [0.25, 0.3) is 0 Å². The summed E-state index contributed by atoms with van der Waals surface area (Å²) < 4.78 is 5.80. The molecule has 6 heteroatoms. The lowest BCUT2D eigenvalue weighted by Gasteiger charge is -2.41. The lowest BCUT2D eigenvalue weighted by molar-refractivity contribution is -0.118. The zero-order chi connectivity index (χ0) is 14.0. The molecule has 1 aliphatic heterocycles. The Morgan fingerprint density at radius 1 is 1.63 bits per heavy atom. The van der Waals surface area contributed by atoms with Crippen LogP contribution in [0.15, 0.2) is 18.5 Å². The Kier molecular flexibility index (Phi) is 3.73. The third kappa shape index (κ3) is 3.02. The van der Waals surface area contributed by atoms with E-state index in [1.165, 1.54) is 0 Å². The van der Waals surface area contributed by atoms with Crippen molar-refractivity contribution in [1.82, 2.24) is 9.88 Å². The summed E-state index contributed by atoms with van der Waals surface area (Å²) in [6, 6.07) is 1.67. The lowest BCUT2D eigenvalue weighted by Crippen LogP contribution is -2.53. The average molecular weight is 264 g/mol. The van der Waals surface area contributed by atoms with Crippen LogP contribution in [-0.2, 0) is 4.74 Å². The van der Waals surface area contributed by atoms with Crippen molar-refractivity contribution in [2.45, 2.75) is 32.5 Å². The molecule has 2 rings (SSSR count). The largest absolute Gasteiger partial charge is 0.369 e. The second-order valence-electron chi connectivity index (χ2n) is 5.44. The van der Waals surface area contributed by atoms with Crippen molar-refractivity contribution in [3.05, 3.63) is 24.0 Å². The van der Waals surface area contributed by atoms with E-state index in [1.54, 1.807) is 23.4 Å². The number of carbonyl (C=O) groups is 1. The quantitative estimate of drug-likeness (QED) is 0.615. The van der Waals surface area contributed by atoms with Crippen LogP contribution in [0.4, 0.5) is 5.69 Å². The standard InChI is InChI=1S/C13H20N4O2/c1-9-7-17(8-13(2,3)19-9)12(18)10-4-5-15-6-11(10)16-14/h4-6,9,16H,7-8,14H2,1-3H3.